The molecule has 1 aliphatic rings. The third-order valence-electron chi connectivity index (χ3n) is 4.20. The van der Waals surface area contributed by atoms with Crippen LogP contribution in [0.2, 0.25) is 5.28 Å². The Balaban J connectivity index is 1.95. The monoisotopic (exact) mass is 282 g/mol. The Morgan fingerprint density at radius 2 is 1.85 bits per heavy atom. The molecule has 0 radical (unpaired) electrons. The summed E-state index contributed by atoms with van der Waals surface area (Å²) in [6, 6.07) is 17.2. The molecular formula is C17H15ClN2. The molecule has 0 fully saturated rings. The SMILES string of the molecule is Clc1nc2ccccc2n1C1CCCc2ccccc21. The highest BCUT2D eigenvalue weighted by Gasteiger charge is 2.24. The average molecular weight is 283 g/mol. The van der Waals surface area contributed by atoms with Gasteiger partial charge in [0.25, 0.3) is 0 Å². The summed E-state index contributed by atoms with van der Waals surface area (Å²) >= 11 is 6.42. The van der Waals surface area contributed by atoms with Crippen LogP contribution < -0.4 is 0 Å². The molecule has 100 valence electrons. The van der Waals surface area contributed by atoms with Crippen molar-refractivity contribution in [3.8, 4) is 0 Å². The number of aromatic nitrogens is 2. The number of fused-ring (bicyclic) bond motifs is 2. The highest BCUT2D eigenvalue weighted by atomic mass is 35.5. The van der Waals surface area contributed by atoms with E-state index in [4.69, 9.17) is 11.6 Å². The summed E-state index contributed by atoms with van der Waals surface area (Å²) in [7, 11) is 0. The molecule has 0 spiro atoms. The van der Waals surface area contributed by atoms with E-state index in [0.717, 1.165) is 23.9 Å². The molecule has 20 heavy (non-hydrogen) atoms. The number of nitrogens with zero attached hydrogens (tertiary/aromatic N) is 2. The van der Waals surface area contributed by atoms with Gasteiger partial charge < -0.3 is 4.57 Å². The van der Waals surface area contributed by atoms with E-state index in [0.29, 0.717) is 11.3 Å². The zero-order valence-electron chi connectivity index (χ0n) is 11.1. The summed E-state index contributed by atoms with van der Waals surface area (Å²) in [4.78, 5) is 4.49. The molecule has 0 bridgehead atoms. The van der Waals surface area contributed by atoms with Gasteiger partial charge in [-0.25, -0.2) is 4.98 Å². The van der Waals surface area contributed by atoms with Gasteiger partial charge in [0, 0.05) is 0 Å². The van der Waals surface area contributed by atoms with Gasteiger partial charge in [-0.3, -0.25) is 0 Å². The van der Waals surface area contributed by atoms with Gasteiger partial charge in [-0.05, 0) is 54.1 Å². The van der Waals surface area contributed by atoms with E-state index in [1.165, 1.54) is 17.5 Å². The zero-order valence-corrected chi connectivity index (χ0v) is 11.8. The lowest BCUT2D eigenvalue weighted by Crippen LogP contribution is -2.17. The van der Waals surface area contributed by atoms with Crippen molar-refractivity contribution in [1.82, 2.24) is 9.55 Å². The molecule has 1 aliphatic carbocycles. The fourth-order valence-electron chi connectivity index (χ4n) is 3.31. The highest BCUT2D eigenvalue weighted by Crippen LogP contribution is 2.36. The smallest absolute Gasteiger partial charge is 0.204 e. The minimum atomic E-state index is 0.305. The lowest BCUT2D eigenvalue weighted by molar-refractivity contribution is 0.500. The van der Waals surface area contributed by atoms with Crippen molar-refractivity contribution in [3.63, 3.8) is 0 Å². The lowest BCUT2D eigenvalue weighted by atomic mass is 9.87. The number of rotatable bonds is 1. The Morgan fingerprint density at radius 1 is 1.05 bits per heavy atom. The zero-order chi connectivity index (χ0) is 13.5. The third kappa shape index (κ3) is 1.75. The number of para-hydroxylation sites is 2. The first-order valence-corrected chi connectivity index (χ1v) is 7.42. The van der Waals surface area contributed by atoms with Crippen molar-refractivity contribution < 1.29 is 0 Å². The summed E-state index contributed by atoms with van der Waals surface area (Å²) in [5.41, 5.74) is 4.93. The highest BCUT2D eigenvalue weighted by molar-refractivity contribution is 6.29. The molecule has 1 aromatic heterocycles. The summed E-state index contributed by atoms with van der Waals surface area (Å²) in [5.74, 6) is 0. The Labute approximate surface area is 123 Å². The van der Waals surface area contributed by atoms with Crippen LogP contribution in [0.4, 0.5) is 0 Å². The second-order valence-electron chi connectivity index (χ2n) is 5.35. The fraction of sp³-hybridized carbons (Fsp3) is 0.235. The second-order valence-corrected chi connectivity index (χ2v) is 5.68. The first kappa shape index (κ1) is 12.0. The number of benzene rings is 2. The van der Waals surface area contributed by atoms with Crippen molar-refractivity contribution in [1.29, 1.82) is 0 Å². The van der Waals surface area contributed by atoms with E-state index in [-0.39, 0.29) is 0 Å². The van der Waals surface area contributed by atoms with Crippen LogP contribution in [0.1, 0.15) is 30.0 Å². The topological polar surface area (TPSA) is 17.8 Å². The Kier molecular flexibility index (Phi) is 2.78. The molecule has 0 amide bonds. The Bertz CT molecular complexity index is 776. The summed E-state index contributed by atoms with van der Waals surface area (Å²) in [5, 5.41) is 0.591. The van der Waals surface area contributed by atoms with E-state index in [1.54, 1.807) is 0 Å². The predicted molar refractivity (Wildman–Crippen MR) is 82.3 cm³/mol. The van der Waals surface area contributed by atoms with Crippen LogP contribution in [0.15, 0.2) is 48.5 Å². The van der Waals surface area contributed by atoms with Gasteiger partial charge in [-0.2, -0.15) is 0 Å². The average Bonchev–Trinajstić information content (AvgIpc) is 2.82. The first-order valence-electron chi connectivity index (χ1n) is 7.05. The maximum Gasteiger partial charge on any atom is 0.204 e. The van der Waals surface area contributed by atoms with Gasteiger partial charge in [0.1, 0.15) is 0 Å². The molecular weight excluding hydrogens is 268 g/mol. The van der Waals surface area contributed by atoms with Crippen LogP contribution in [0, 0.1) is 0 Å². The number of hydrogen-bond donors (Lipinski definition) is 0. The molecule has 4 rings (SSSR count). The van der Waals surface area contributed by atoms with Crippen LogP contribution in [0.3, 0.4) is 0 Å². The van der Waals surface area contributed by atoms with Crippen molar-refractivity contribution in [3.05, 3.63) is 64.9 Å². The van der Waals surface area contributed by atoms with E-state index < -0.39 is 0 Å². The molecule has 1 atom stereocenters. The van der Waals surface area contributed by atoms with Crippen LogP contribution in [0.25, 0.3) is 11.0 Å². The summed E-state index contributed by atoms with van der Waals surface area (Å²) < 4.78 is 2.19. The van der Waals surface area contributed by atoms with Crippen LogP contribution >= 0.6 is 11.6 Å². The maximum absolute atomic E-state index is 6.42. The Morgan fingerprint density at radius 3 is 2.80 bits per heavy atom. The van der Waals surface area contributed by atoms with E-state index >= 15 is 0 Å². The van der Waals surface area contributed by atoms with E-state index in [1.807, 2.05) is 18.2 Å². The van der Waals surface area contributed by atoms with Crippen molar-refractivity contribution in [2.45, 2.75) is 25.3 Å². The fourth-order valence-corrected chi connectivity index (χ4v) is 3.61. The van der Waals surface area contributed by atoms with Crippen molar-refractivity contribution in [2.75, 3.05) is 0 Å². The molecule has 3 heteroatoms. The van der Waals surface area contributed by atoms with E-state index in [2.05, 4.69) is 39.9 Å². The second kappa shape index (κ2) is 4.64. The number of hydrogen-bond acceptors (Lipinski definition) is 1. The van der Waals surface area contributed by atoms with Crippen LogP contribution in [-0.2, 0) is 6.42 Å². The lowest BCUT2D eigenvalue weighted by Gasteiger charge is -2.27. The van der Waals surface area contributed by atoms with Gasteiger partial charge in [0.2, 0.25) is 5.28 Å². The molecule has 0 N–H and O–H groups in total. The number of aryl methyl sites for hydroxylation is 1. The van der Waals surface area contributed by atoms with Crippen LogP contribution in [-0.4, -0.2) is 9.55 Å². The molecule has 1 heterocycles. The number of imidazole rings is 1. The predicted octanol–water partition coefficient (Wildman–Crippen LogP) is 4.62. The molecule has 0 saturated carbocycles. The van der Waals surface area contributed by atoms with Gasteiger partial charge in [0.05, 0.1) is 17.1 Å². The van der Waals surface area contributed by atoms with Crippen molar-refractivity contribution >= 4 is 22.6 Å². The van der Waals surface area contributed by atoms with Gasteiger partial charge in [0.15, 0.2) is 0 Å². The van der Waals surface area contributed by atoms with Gasteiger partial charge in [-0.1, -0.05) is 36.4 Å². The molecule has 2 aromatic carbocycles. The minimum Gasteiger partial charge on any atom is -0.307 e. The largest absolute Gasteiger partial charge is 0.307 e. The molecule has 2 nitrogen and oxygen atoms in total. The molecule has 1 unspecified atom stereocenters. The van der Waals surface area contributed by atoms with Gasteiger partial charge in [-0.15, -0.1) is 0 Å². The van der Waals surface area contributed by atoms with Crippen LogP contribution in [0.5, 0.6) is 0 Å². The maximum atomic E-state index is 6.42. The van der Waals surface area contributed by atoms with Gasteiger partial charge >= 0.3 is 0 Å². The molecule has 3 aromatic rings. The Hall–Kier alpha value is -1.80. The quantitative estimate of drug-likeness (QED) is 0.637. The molecule has 0 aliphatic heterocycles. The normalized spacial score (nSPS) is 18.1. The summed E-state index contributed by atoms with van der Waals surface area (Å²) in [6.07, 6.45) is 3.48. The van der Waals surface area contributed by atoms with E-state index in [9.17, 15) is 0 Å². The summed E-state index contributed by atoms with van der Waals surface area (Å²) in [6.45, 7) is 0. The van der Waals surface area contributed by atoms with Crippen molar-refractivity contribution in [2.24, 2.45) is 0 Å². The first-order chi connectivity index (χ1) is 9.84. The molecule has 0 saturated heterocycles. The minimum absolute atomic E-state index is 0.305. The third-order valence-corrected chi connectivity index (χ3v) is 4.47. The standard InChI is InChI=1S/C17H15ClN2/c18-17-19-14-9-3-4-10-16(14)20(17)15-11-5-7-12-6-1-2-8-13(12)15/h1-4,6,8-10,15H,5,7,11H2. The number of halogens is 1.